The van der Waals surface area contributed by atoms with E-state index in [9.17, 15) is 4.79 Å². The number of amides is 1. The number of furan rings is 1. The smallest absolute Gasteiger partial charge is 0.287 e. The third-order valence-corrected chi connectivity index (χ3v) is 3.72. The van der Waals surface area contributed by atoms with Gasteiger partial charge in [0, 0.05) is 18.2 Å². The molecule has 1 fully saturated rings. The first-order valence-electron chi connectivity index (χ1n) is 7.59. The van der Waals surface area contributed by atoms with Crippen LogP contribution in [0, 0.1) is 0 Å². The van der Waals surface area contributed by atoms with Crippen LogP contribution in [-0.2, 0) is 6.61 Å². The zero-order chi connectivity index (χ0) is 15.2. The minimum Gasteiger partial charge on any atom is -0.489 e. The molecule has 0 unspecified atom stereocenters. The van der Waals surface area contributed by atoms with Crippen molar-refractivity contribution in [2.45, 2.75) is 25.5 Å². The highest BCUT2D eigenvalue weighted by molar-refractivity contribution is 5.93. The molecule has 5 nitrogen and oxygen atoms in total. The van der Waals surface area contributed by atoms with Gasteiger partial charge in [0.2, 0.25) is 0 Å². The van der Waals surface area contributed by atoms with Gasteiger partial charge in [0.25, 0.3) is 5.91 Å². The van der Waals surface area contributed by atoms with Gasteiger partial charge in [0.05, 0.1) is 6.26 Å². The number of benzene rings is 1. The molecule has 1 atom stereocenters. The summed E-state index contributed by atoms with van der Waals surface area (Å²) in [5, 5.41) is 6.29. The van der Waals surface area contributed by atoms with E-state index in [1.165, 1.54) is 6.26 Å². The predicted molar refractivity (Wildman–Crippen MR) is 82.8 cm³/mol. The van der Waals surface area contributed by atoms with E-state index in [0.717, 1.165) is 37.2 Å². The molecule has 2 heterocycles. The molecule has 2 aromatic rings. The Hall–Kier alpha value is -2.27. The summed E-state index contributed by atoms with van der Waals surface area (Å²) in [7, 11) is 0. The Morgan fingerprint density at radius 3 is 2.95 bits per heavy atom. The summed E-state index contributed by atoms with van der Waals surface area (Å²) in [5.41, 5.74) is 0.755. The number of para-hydroxylation sites is 1. The third-order valence-electron chi connectivity index (χ3n) is 3.72. The van der Waals surface area contributed by atoms with Crippen LogP contribution in [0.15, 0.2) is 47.1 Å². The zero-order valence-corrected chi connectivity index (χ0v) is 12.4. The van der Waals surface area contributed by atoms with Gasteiger partial charge in [-0.3, -0.25) is 4.79 Å². The molecule has 0 saturated carbocycles. The SMILES string of the molecule is O=C(N[C@H]1CCCNC1)c1occc1COc1ccccc1. The topological polar surface area (TPSA) is 63.5 Å². The Morgan fingerprint density at radius 2 is 2.18 bits per heavy atom. The van der Waals surface area contributed by atoms with E-state index in [2.05, 4.69) is 10.6 Å². The van der Waals surface area contributed by atoms with Crippen molar-refractivity contribution in [1.82, 2.24) is 10.6 Å². The van der Waals surface area contributed by atoms with Crippen molar-refractivity contribution < 1.29 is 13.9 Å². The maximum atomic E-state index is 12.3. The van der Waals surface area contributed by atoms with Crippen molar-refractivity contribution in [1.29, 1.82) is 0 Å². The summed E-state index contributed by atoms with van der Waals surface area (Å²) in [5.74, 6) is 0.929. The van der Waals surface area contributed by atoms with Crippen molar-refractivity contribution in [3.05, 3.63) is 54.0 Å². The minimum absolute atomic E-state index is 0.161. The predicted octanol–water partition coefficient (Wildman–Crippen LogP) is 2.34. The molecule has 0 bridgehead atoms. The van der Waals surface area contributed by atoms with Crippen LogP contribution < -0.4 is 15.4 Å². The molecule has 1 aromatic heterocycles. The standard InChI is InChI=1S/C17H20N2O3/c20-17(19-14-5-4-9-18-11-14)16-13(8-10-21-16)12-22-15-6-2-1-3-7-15/h1-3,6-8,10,14,18H,4-5,9,11-12H2,(H,19,20)/t14-/m0/s1. The maximum absolute atomic E-state index is 12.3. The molecule has 5 heteroatoms. The Balaban J connectivity index is 1.60. The van der Waals surface area contributed by atoms with E-state index >= 15 is 0 Å². The zero-order valence-electron chi connectivity index (χ0n) is 12.4. The maximum Gasteiger partial charge on any atom is 0.287 e. The van der Waals surface area contributed by atoms with Crippen molar-refractivity contribution in [2.75, 3.05) is 13.1 Å². The highest BCUT2D eigenvalue weighted by atomic mass is 16.5. The van der Waals surface area contributed by atoms with E-state index in [1.807, 2.05) is 30.3 Å². The summed E-state index contributed by atoms with van der Waals surface area (Å²) in [6.45, 7) is 2.14. The Kier molecular flexibility index (Phi) is 4.75. The molecule has 0 radical (unpaired) electrons. The van der Waals surface area contributed by atoms with Crippen molar-refractivity contribution >= 4 is 5.91 Å². The molecular weight excluding hydrogens is 280 g/mol. The van der Waals surface area contributed by atoms with Crippen molar-refractivity contribution in [3.63, 3.8) is 0 Å². The molecule has 0 aliphatic carbocycles. The molecule has 3 rings (SSSR count). The van der Waals surface area contributed by atoms with E-state index in [-0.39, 0.29) is 11.9 Å². The first kappa shape index (κ1) is 14.7. The van der Waals surface area contributed by atoms with E-state index < -0.39 is 0 Å². The third kappa shape index (κ3) is 3.68. The fourth-order valence-electron chi connectivity index (χ4n) is 2.55. The van der Waals surface area contributed by atoms with Crippen LogP contribution in [0.1, 0.15) is 29.0 Å². The van der Waals surface area contributed by atoms with Crippen molar-refractivity contribution in [3.8, 4) is 5.75 Å². The molecule has 1 saturated heterocycles. The lowest BCUT2D eigenvalue weighted by molar-refractivity contribution is 0.0899. The minimum atomic E-state index is -0.176. The lowest BCUT2D eigenvalue weighted by Gasteiger charge is -2.23. The molecule has 1 amide bonds. The van der Waals surface area contributed by atoms with Crippen LogP contribution in [0.4, 0.5) is 0 Å². The van der Waals surface area contributed by atoms with Crippen LogP contribution >= 0.6 is 0 Å². The fraction of sp³-hybridized carbons (Fsp3) is 0.353. The normalized spacial score (nSPS) is 17.9. The number of hydrogen-bond acceptors (Lipinski definition) is 4. The lowest BCUT2D eigenvalue weighted by Crippen LogP contribution is -2.45. The largest absolute Gasteiger partial charge is 0.489 e. The quantitative estimate of drug-likeness (QED) is 0.889. The van der Waals surface area contributed by atoms with Gasteiger partial charge in [-0.15, -0.1) is 0 Å². The summed E-state index contributed by atoms with van der Waals surface area (Å²) in [6, 6.07) is 11.5. The Labute approximate surface area is 129 Å². The number of nitrogens with one attached hydrogen (secondary N) is 2. The average Bonchev–Trinajstić information content (AvgIpc) is 3.03. The molecule has 116 valence electrons. The van der Waals surface area contributed by atoms with Crippen LogP contribution in [-0.4, -0.2) is 25.0 Å². The summed E-state index contributed by atoms with van der Waals surface area (Å²) >= 11 is 0. The van der Waals surface area contributed by atoms with Gasteiger partial charge in [-0.25, -0.2) is 0 Å². The molecule has 22 heavy (non-hydrogen) atoms. The fourth-order valence-corrected chi connectivity index (χ4v) is 2.55. The van der Waals surface area contributed by atoms with Gasteiger partial charge in [-0.2, -0.15) is 0 Å². The lowest BCUT2D eigenvalue weighted by atomic mass is 10.1. The second-order valence-electron chi connectivity index (χ2n) is 5.39. The van der Waals surface area contributed by atoms with Crippen molar-refractivity contribution in [2.24, 2.45) is 0 Å². The second-order valence-corrected chi connectivity index (χ2v) is 5.39. The highest BCUT2D eigenvalue weighted by Crippen LogP contribution is 2.16. The monoisotopic (exact) mass is 300 g/mol. The number of piperidine rings is 1. The van der Waals surface area contributed by atoms with Crippen LogP contribution in [0.2, 0.25) is 0 Å². The first-order valence-corrected chi connectivity index (χ1v) is 7.59. The van der Waals surface area contributed by atoms with Gasteiger partial charge in [0.1, 0.15) is 12.4 Å². The molecular formula is C17H20N2O3. The van der Waals surface area contributed by atoms with E-state index in [1.54, 1.807) is 6.07 Å². The average molecular weight is 300 g/mol. The van der Waals surface area contributed by atoms with Gasteiger partial charge in [0.15, 0.2) is 5.76 Å². The number of ether oxygens (including phenoxy) is 1. The van der Waals surface area contributed by atoms with Crippen LogP contribution in [0.5, 0.6) is 5.75 Å². The highest BCUT2D eigenvalue weighted by Gasteiger charge is 2.20. The van der Waals surface area contributed by atoms with E-state index in [4.69, 9.17) is 9.15 Å². The summed E-state index contributed by atoms with van der Waals surface area (Å²) < 4.78 is 11.0. The Bertz CT molecular complexity index is 603. The number of rotatable bonds is 5. The molecule has 1 aliphatic heterocycles. The number of carbonyl (C=O) groups is 1. The van der Waals surface area contributed by atoms with E-state index in [0.29, 0.717) is 12.4 Å². The summed E-state index contributed by atoms with van der Waals surface area (Å²) in [6.07, 6.45) is 3.60. The van der Waals surface area contributed by atoms with Gasteiger partial charge in [-0.05, 0) is 37.6 Å². The second kappa shape index (κ2) is 7.13. The summed E-state index contributed by atoms with van der Waals surface area (Å²) in [4.78, 5) is 12.3. The van der Waals surface area contributed by atoms with Gasteiger partial charge >= 0.3 is 0 Å². The molecule has 2 N–H and O–H groups in total. The molecule has 1 aliphatic rings. The molecule has 0 spiro atoms. The van der Waals surface area contributed by atoms with Crippen LogP contribution in [0.3, 0.4) is 0 Å². The number of hydrogen-bond donors (Lipinski definition) is 2. The molecule has 1 aromatic carbocycles. The number of carbonyl (C=O) groups excluding carboxylic acids is 1. The van der Waals surface area contributed by atoms with Gasteiger partial charge in [-0.1, -0.05) is 18.2 Å². The van der Waals surface area contributed by atoms with Gasteiger partial charge < -0.3 is 19.8 Å². The van der Waals surface area contributed by atoms with Crippen LogP contribution in [0.25, 0.3) is 0 Å². The first-order chi connectivity index (χ1) is 10.8. The Morgan fingerprint density at radius 1 is 1.32 bits per heavy atom.